The van der Waals surface area contributed by atoms with Gasteiger partial charge in [0, 0.05) is 25.1 Å². The van der Waals surface area contributed by atoms with Crippen LogP contribution in [0.5, 0.6) is 0 Å². The van der Waals surface area contributed by atoms with Crippen molar-refractivity contribution >= 4 is 11.6 Å². The quantitative estimate of drug-likeness (QED) is 0.860. The molecule has 0 saturated carbocycles. The number of hydrogen-bond donors (Lipinski definition) is 0. The lowest BCUT2D eigenvalue weighted by Gasteiger charge is -2.34. The van der Waals surface area contributed by atoms with Gasteiger partial charge in [0.25, 0.3) is 0 Å². The molecular weight excluding hydrogens is 316 g/mol. The van der Waals surface area contributed by atoms with E-state index in [0.717, 1.165) is 50.4 Å². The van der Waals surface area contributed by atoms with Gasteiger partial charge in [0.1, 0.15) is 0 Å². The number of amides is 1. The molecule has 25 heavy (non-hydrogen) atoms. The molecule has 132 valence electrons. The van der Waals surface area contributed by atoms with E-state index in [-0.39, 0.29) is 11.9 Å². The van der Waals surface area contributed by atoms with Crippen molar-refractivity contribution in [3.05, 3.63) is 41.5 Å². The monoisotopic (exact) mass is 340 g/mol. The second-order valence-electron chi connectivity index (χ2n) is 7.11. The third-order valence-corrected chi connectivity index (χ3v) is 5.40. The van der Waals surface area contributed by atoms with E-state index < -0.39 is 0 Å². The Bertz CT molecular complexity index is 747. The van der Waals surface area contributed by atoms with Crippen molar-refractivity contribution in [1.82, 2.24) is 15.0 Å². The van der Waals surface area contributed by atoms with Gasteiger partial charge < -0.3 is 9.42 Å². The number of carbonyl (C=O) groups is 1. The van der Waals surface area contributed by atoms with Crippen molar-refractivity contribution in [3.63, 3.8) is 0 Å². The van der Waals surface area contributed by atoms with E-state index in [9.17, 15) is 4.79 Å². The SMILES string of the molecule is Cc1ccc(N2CCC(N3CCC(c4noc(C)n4)CC3)C2=O)cc1. The predicted octanol–water partition coefficient (Wildman–Crippen LogP) is 2.67. The molecule has 2 saturated heterocycles. The molecule has 1 aromatic heterocycles. The molecule has 2 fully saturated rings. The van der Waals surface area contributed by atoms with E-state index in [1.165, 1.54) is 5.56 Å². The van der Waals surface area contributed by atoms with Crippen LogP contribution in [-0.2, 0) is 4.79 Å². The van der Waals surface area contributed by atoms with Gasteiger partial charge in [-0.3, -0.25) is 9.69 Å². The molecular formula is C19H24N4O2. The second kappa shape index (κ2) is 6.59. The van der Waals surface area contributed by atoms with Crippen molar-refractivity contribution in [2.45, 2.75) is 45.1 Å². The minimum Gasteiger partial charge on any atom is -0.340 e. The minimum absolute atomic E-state index is 0.00857. The summed E-state index contributed by atoms with van der Waals surface area (Å²) in [7, 11) is 0. The van der Waals surface area contributed by atoms with Crippen LogP contribution in [0.4, 0.5) is 5.69 Å². The average Bonchev–Trinajstić information content (AvgIpc) is 3.22. The molecule has 1 unspecified atom stereocenters. The fourth-order valence-corrected chi connectivity index (χ4v) is 3.93. The first-order chi connectivity index (χ1) is 12.1. The molecule has 1 atom stereocenters. The Morgan fingerprint density at radius 3 is 2.40 bits per heavy atom. The lowest BCUT2D eigenvalue weighted by Crippen LogP contribution is -2.45. The first-order valence-corrected chi connectivity index (χ1v) is 9.04. The first kappa shape index (κ1) is 16.3. The van der Waals surface area contributed by atoms with Crippen LogP contribution in [0.3, 0.4) is 0 Å². The fraction of sp³-hybridized carbons (Fsp3) is 0.526. The summed E-state index contributed by atoms with van der Waals surface area (Å²) in [4.78, 5) is 21.5. The number of benzene rings is 1. The summed E-state index contributed by atoms with van der Waals surface area (Å²) < 4.78 is 5.10. The van der Waals surface area contributed by atoms with Crippen molar-refractivity contribution in [2.75, 3.05) is 24.5 Å². The van der Waals surface area contributed by atoms with Gasteiger partial charge in [-0.2, -0.15) is 4.98 Å². The molecule has 6 heteroatoms. The van der Waals surface area contributed by atoms with Crippen LogP contribution in [-0.4, -0.2) is 46.6 Å². The maximum absolute atomic E-state index is 12.9. The zero-order chi connectivity index (χ0) is 17.4. The Hall–Kier alpha value is -2.21. The highest BCUT2D eigenvalue weighted by Crippen LogP contribution is 2.30. The highest BCUT2D eigenvalue weighted by molar-refractivity contribution is 5.99. The number of piperidine rings is 1. The van der Waals surface area contributed by atoms with Gasteiger partial charge in [-0.1, -0.05) is 22.9 Å². The molecule has 2 aromatic rings. The van der Waals surface area contributed by atoms with Crippen molar-refractivity contribution in [3.8, 4) is 0 Å². The molecule has 4 rings (SSSR count). The third-order valence-electron chi connectivity index (χ3n) is 5.40. The van der Waals surface area contributed by atoms with Gasteiger partial charge in [-0.05, 0) is 51.4 Å². The molecule has 0 aliphatic carbocycles. The summed E-state index contributed by atoms with van der Waals surface area (Å²) in [6.45, 7) is 6.51. The number of aromatic nitrogens is 2. The number of aryl methyl sites for hydroxylation is 2. The number of carbonyl (C=O) groups excluding carboxylic acids is 1. The zero-order valence-electron chi connectivity index (χ0n) is 14.8. The van der Waals surface area contributed by atoms with Crippen molar-refractivity contribution in [1.29, 1.82) is 0 Å². The maximum Gasteiger partial charge on any atom is 0.244 e. The Balaban J connectivity index is 1.39. The summed E-state index contributed by atoms with van der Waals surface area (Å²) in [5.74, 6) is 2.02. The smallest absolute Gasteiger partial charge is 0.244 e. The summed E-state index contributed by atoms with van der Waals surface area (Å²) in [6, 6.07) is 8.22. The first-order valence-electron chi connectivity index (χ1n) is 9.04. The Kier molecular flexibility index (Phi) is 4.29. The number of anilines is 1. The number of nitrogens with zero attached hydrogens (tertiary/aromatic N) is 4. The Morgan fingerprint density at radius 1 is 1.04 bits per heavy atom. The molecule has 2 aliphatic heterocycles. The van der Waals surface area contributed by atoms with Crippen LogP contribution in [0.25, 0.3) is 0 Å². The maximum atomic E-state index is 12.9. The summed E-state index contributed by atoms with van der Waals surface area (Å²) >= 11 is 0. The number of rotatable bonds is 3. The van der Waals surface area contributed by atoms with Gasteiger partial charge >= 0.3 is 0 Å². The van der Waals surface area contributed by atoms with Crippen molar-refractivity contribution in [2.24, 2.45) is 0 Å². The molecule has 0 radical (unpaired) electrons. The Morgan fingerprint density at radius 2 is 1.76 bits per heavy atom. The van der Waals surface area contributed by atoms with Crippen molar-refractivity contribution < 1.29 is 9.32 Å². The summed E-state index contributed by atoms with van der Waals surface area (Å²) in [5.41, 5.74) is 2.22. The highest BCUT2D eigenvalue weighted by Gasteiger charge is 2.38. The minimum atomic E-state index is 0.00857. The van der Waals surface area contributed by atoms with Crippen LogP contribution >= 0.6 is 0 Å². The van der Waals surface area contributed by atoms with E-state index in [4.69, 9.17) is 4.52 Å². The number of likely N-dealkylation sites (tertiary alicyclic amines) is 1. The van der Waals surface area contributed by atoms with E-state index in [2.05, 4.69) is 34.1 Å². The summed E-state index contributed by atoms with van der Waals surface area (Å²) in [5, 5.41) is 4.06. The molecule has 3 heterocycles. The van der Waals surface area contributed by atoms with E-state index in [0.29, 0.717) is 11.8 Å². The van der Waals surface area contributed by atoms with Gasteiger partial charge in [-0.15, -0.1) is 0 Å². The van der Waals surface area contributed by atoms with Gasteiger partial charge in [0.05, 0.1) is 6.04 Å². The largest absolute Gasteiger partial charge is 0.340 e. The standard InChI is InChI=1S/C19H24N4O2/c1-13-3-5-16(6-4-13)23-12-9-17(19(23)24)22-10-7-15(8-11-22)18-20-14(2)25-21-18/h3-6,15,17H,7-12H2,1-2H3. The zero-order valence-corrected chi connectivity index (χ0v) is 14.8. The molecule has 0 spiro atoms. The molecule has 0 N–H and O–H groups in total. The van der Waals surface area contributed by atoms with Crippen LogP contribution in [0.2, 0.25) is 0 Å². The summed E-state index contributed by atoms with van der Waals surface area (Å²) in [6.07, 6.45) is 2.86. The fourth-order valence-electron chi connectivity index (χ4n) is 3.93. The van der Waals surface area contributed by atoms with Crippen LogP contribution in [0, 0.1) is 13.8 Å². The van der Waals surface area contributed by atoms with Gasteiger partial charge in [-0.25, -0.2) is 0 Å². The van der Waals surface area contributed by atoms with Crippen LogP contribution in [0.1, 0.15) is 42.5 Å². The molecule has 1 amide bonds. The molecule has 6 nitrogen and oxygen atoms in total. The third kappa shape index (κ3) is 3.18. The lowest BCUT2D eigenvalue weighted by atomic mass is 9.95. The van der Waals surface area contributed by atoms with E-state index >= 15 is 0 Å². The van der Waals surface area contributed by atoms with Crippen LogP contribution < -0.4 is 4.90 Å². The lowest BCUT2D eigenvalue weighted by molar-refractivity contribution is -0.122. The van der Waals surface area contributed by atoms with E-state index in [1.54, 1.807) is 0 Å². The average molecular weight is 340 g/mol. The Labute approximate surface area is 147 Å². The second-order valence-corrected chi connectivity index (χ2v) is 7.11. The molecule has 1 aromatic carbocycles. The van der Waals surface area contributed by atoms with Gasteiger partial charge in [0.15, 0.2) is 5.82 Å². The number of hydrogen-bond acceptors (Lipinski definition) is 5. The predicted molar refractivity (Wildman–Crippen MR) is 94.5 cm³/mol. The topological polar surface area (TPSA) is 62.5 Å². The van der Waals surface area contributed by atoms with Gasteiger partial charge in [0.2, 0.25) is 11.8 Å². The van der Waals surface area contributed by atoms with Crippen LogP contribution in [0.15, 0.2) is 28.8 Å². The van der Waals surface area contributed by atoms with E-state index in [1.807, 2.05) is 24.0 Å². The normalized spacial score (nSPS) is 22.7. The molecule has 2 aliphatic rings. The molecule has 0 bridgehead atoms. The highest BCUT2D eigenvalue weighted by atomic mass is 16.5.